The lowest BCUT2D eigenvalue weighted by atomic mass is 9.74. The average molecular weight is 433 g/mol. The number of hydrogen-bond acceptors (Lipinski definition) is 0. The molecule has 0 amide bonds. The summed E-state index contributed by atoms with van der Waals surface area (Å²) in [7, 11) is 0. The summed E-state index contributed by atoms with van der Waals surface area (Å²) in [5.41, 5.74) is 1.80. The van der Waals surface area contributed by atoms with Crippen LogP contribution in [0.5, 0.6) is 0 Å². The molecule has 4 heteroatoms. The molecular formula is C27H32F4. The molecule has 0 N–H and O–H groups in total. The van der Waals surface area contributed by atoms with Crippen LogP contribution in [0.2, 0.25) is 0 Å². The van der Waals surface area contributed by atoms with Gasteiger partial charge in [0.15, 0.2) is 11.6 Å². The van der Waals surface area contributed by atoms with Gasteiger partial charge in [0, 0.05) is 5.56 Å². The van der Waals surface area contributed by atoms with Crippen LogP contribution < -0.4 is 0 Å². The van der Waals surface area contributed by atoms with E-state index in [-0.39, 0.29) is 23.3 Å². The van der Waals surface area contributed by atoms with E-state index in [0.29, 0.717) is 12.8 Å². The number of rotatable bonds is 5. The summed E-state index contributed by atoms with van der Waals surface area (Å²) in [6, 6.07) is 7.18. The van der Waals surface area contributed by atoms with E-state index < -0.39 is 23.3 Å². The highest BCUT2D eigenvalue weighted by Crippen LogP contribution is 2.44. The summed E-state index contributed by atoms with van der Waals surface area (Å²) in [5, 5.41) is 0. The molecule has 2 aromatic carbocycles. The second-order valence-electron chi connectivity index (χ2n) is 9.63. The molecule has 2 fully saturated rings. The quantitative estimate of drug-likeness (QED) is 0.414. The molecule has 0 bridgehead atoms. The van der Waals surface area contributed by atoms with Gasteiger partial charge in [-0.1, -0.05) is 25.8 Å². The Bertz CT molecular complexity index is 867. The Kier molecular flexibility index (Phi) is 7.03. The van der Waals surface area contributed by atoms with Gasteiger partial charge in [0.2, 0.25) is 0 Å². The SMILES string of the molecule is CCCC1CCC(c2cc(F)c(C3CCC(c4ccc(F)c(F)c4)CC3)c(F)c2)CC1. The van der Waals surface area contributed by atoms with Gasteiger partial charge >= 0.3 is 0 Å². The van der Waals surface area contributed by atoms with E-state index in [1.807, 2.05) is 0 Å². The van der Waals surface area contributed by atoms with Crippen LogP contribution in [0.25, 0.3) is 0 Å². The molecule has 2 aliphatic rings. The third-order valence-corrected chi connectivity index (χ3v) is 7.67. The van der Waals surface area contributed by atoms with Crippen LogP contribution in [0.15, 0.2) is 30.3 Å². The van der Waals surface area contributed by atoms with Gasteiger partial charge in [-0.25, -0.2) is 17.6 Å². The molecule has 31 heavy (non-hydrogen) atoms. The van der Waals surface area contributed by atoms with Crippen molar-refractivity contribution in [2.45, 2.75) is 88.9 Å². The van der Waals surface area contributed by atoms with Crippen molar-refractivity contribution in [3.05, 3.63) is 70.3 Å². The van der Waals surface area contributed by atoms with Crippen molar-refractivity contribution in [3.63, 3.8) is 0 Å². The molecule has 0 radical (unpaired) electrons. The standard InChI is InChI=1S/C27H32F4/c1-2-3-17-4-6-19(7-5-17)22-15-25(30)27(26(31)16-22)20-10-8-18(9-11-20)21-12-13-23(28)24(29)14-21/h12-20H,2-11H2,1H3. The van der Waals surface area contributed by atoms with Crippen molar-refractivity contribution in [3.8, 4) is 0 Å². The fraction of sp³-hybridized carbons (Fsp3) is 0.556. The van der Waals surface area contributed by atoms with Crippen molar-refractivity contribution >= 4 is 0 Å². The van der Waals surface area contributed by atoms with Crippen LogP contribution in [-0.2, 0) is 0 Å². The van der Waals surface area contributed by atoms with Gasteiger partial charge in [0.05, 0.1) is 0 Å². The van der Waals surface area contributed by atoms with Gasteiger partial charge in [-0.2, -0.15) is 0 Å². The third kappa shape index (κ3) is 4.99. The summed E-state index contributed by atoms with van der Waals surface area (Å²) < 4.78 is 56.8. The van der Waals surface area contributed by atoms with Gasteiger partial charge in [-0.3, -0.25) is 0 Å². The molecule has 2 saturated carbocycles. The maximum atomic E-state index is 15.0. The van der Waals surface area contributed by atoms with E-state index in [9.17, 15) is 8.78 Å². The molecule has 0 nitrogen and oxygen atoms in total. The predicted molar refractivity (Wildman–Crippen MR) is 116 cm³/mol. The fourth-order valence-corrected chi connectivity index (χ4v) is 5.90. The Morgan fingerprint density at radius 2 is 1.13 bits per heavy atom. The first kappa shape index (κ1) is 22.4. The van der Waals surface area contributed by atoms with Crippen LogP contribution in [0, 0.1) is 29.2 Å². The van der Waals surface area contributed by atoms with Gasteiger partial charge in [-0.05, 0) is 110 Å². The topological polar surface area (TPSA) is 0 Å². The number of hydrogen-bond donors (Lipinski definition) is 0. The third-order valence-electron chi connectivity index (χ3n) is 7.67. The predicted octanol–water partition coefficient (Wildman–Crippen LogP) is 8.76. The molecule has 0 aromatic heterocycles. The maximum absolute atomic E-state index is 15.0. The summed E-state index contributed by atoms with van der Waals surface area (Å²) in [5.74, 6) is -1.54. The van der Waals surface area contributed by atoms with Crippen LogP contribution in [-0.4, -0.2) is 0 Å². The second-order valence-corrected chi connectivity index (χ2v) is 9.63. The van der Waals surface area contributed by atoms with Gasteiger partial charge in [0.1, 0.15) is 11.6 Å². The van der Waals surface area contributed by atoms with E-state index in [2.05, 4.69) is 6.92 Å². The Morgan fingerprint density at radius 1 is 0.613 bits per heavy atom. The minimum Gasteiger partial charge on any atom is -0.207 e. The molecule has 0 saturated heterocycles. The monoisotopic (exact) mass is 432 g/mol. The Hall–Kier alpha value is -1.84. The highest BCUT2D eigenvalue weighted by molar-refractivity contribution is 5.32. The Morgan fingerprint density at radius 3 is 1.71 bits per heavy atom. The Balaban J connectivity index is 1.42. The van der Waals surface area contributed by atoms with Crippen molar-refractivity contribution in [2.75, 3.05) is 0 Å². The molecule has 0 aliphatic heterocycles. The van der Waals surface area contributed by atoms with E-state index in [1.165, 1.54) is 18.9 Å². The zero-order valence-electron chi connectivity index (χ0n) is 18.3. The lowest BCUT2D eigenvalue weighted by molar-refractivity contribution is 0.307. The smallest absolute Gasteiger partial charge is 0.159 e. The molecule has 4 rings (SSSR count). The number of benzene rings is 2. The van der Waals surface area contributed by atoms with Crippen LogP contribution >= 0.6 is 0 Å². The first-order chi connectivity index (χ1) is 15.0. The summed E-state index contributed by atoms with van der Waals surface area (Å²) >= 11 is 0. The summed E-state index contributed by atoms with van der Waals surface area (Å²) in [6.45, 7) is 2.21. The second kappa shape index (κ2) is 9.75. The molecule has 0 heterocycles. The van der Waals surface area contributed by atoms with E-state index >= 15 is 8.78 Å². The van der Waals surface area contributed by atoms with Crippen LogP contribution in [0.3, 0.4) is 0 Å². The minimum atomic E-state index is -0.847. The Labute approximate surface area is 183 Å². The highest BCUT2D eigenvalue weighted by Gasteiger charge is 2.30. The maximum Gasteiger partial charge on any atom is 0.159 e. The lowest BCUT2D eigenvalue weighted by Crippen LogP contribution is -2.17. The molecule has 0 atom stereocenters. The van der Waals surface area contributed by atoms with E-state index in [1.54, 1.807) is 18.2 Å². The zero-order valence-corrected chi connectivity index (χ0v) is 18.3. The van der Waals surface area contributed by atoms with Crippen molar-refractivity contribution in [1.29, 1.82) is 0 Å². The van der Waals surface area contributed by atoms with Gasteiger partial charge in [0.25, 0.3) is 0 Å². The van der Waals surface area contributed by atoms with Crippen molar-refractivity contribution in [2.24, 2.45) is 5.92 Å². The average Bonchev–Trinajstić information content (AvgIpc) is 2.76. The molecule has 2 aliphatic carbocycles. The van der Waals surface area contributed by atoms with Gasteiger partial charge in [-0.15, -0.1) is 0 Å². The molecule has 168 valence electrons. The fourth-order valence-electron chi connectivity index (χ4n) is 5.90. The normalized spacial score (nSPS) is 26.7. The minimum absolute atomic E-state index is 0.107. The highest BCUT2D eigenvalue weighted by atomic mass is 19.2. The van der Waals surface area contributed by atoms with Crippen molar-refractivity contribution in [1.82, 2.24) is 0 Å². The van der Waals surface area contributed by atoms with E-state index in [0.717, 1.165) is 61.6 Å². The van der Waals surface area contributed by atoms with Crippen molar-refractivity contribution < 1.29 is 17.6 Å². The largest absolute Gasteiger partial charge is 0.207 e. The summed E-state index contributed by atoms with van der Waals surface area (Å²) in [6.07, 6.45) is 9.53. The molecule has 2 aromatic rings. The van der Waals surface area contributed by atoms with Gasteiger partial charge < -0.3 is 0 Å². The van der Waals surface area contributed by atoms with E-state index in [4.69, 9.17) is 0 Å². The lowest BCUT2D eigenvalue weighted by Gasteiger charge is -2.31. The zero-order chi connectivity index (χ0) is 22.0. The first-order valence-electron chi connectivity index (χ1n) is 11.9. The van der Waals surface area contributed by atoms with Crippen LogP contribution in [0.4, 0.5) is 17.6 Å². The summed E-state index contributed by atoms with van der Waals surface area (Å²) in [4.78, 5) is 0. The first-order valence-corrected chi connectivity index (χ1v) is 11.9. The molecular weight excluding hydrogens is 400 g/mol. The van der Waals surface area contributed by atoms with Crippen LogP contribution in [0.1, 0.15) is 106 Å². The molecule has 0 spiro atoms. The molecule has 0 unspecified atom stereocenters. The number of halogens is 4.